The fourth-order valence-corrected chi connectivity index (χ4v) is 4.34. The molecule has 30 heavy (non-hydrogen) atoms. The van der Waals surface area contributed by atoms with Crippen LogP contribution >= 0.6 is 0 Å². The average molecular weight is 421 g/mol. The van der Waals surface area contributed by atoms with Crippen LogP contribution in [0.2, 0.25) is 0 Å². The predicted molar refractivity (Wildman–Crippen MR) is 112 cm³/mol. The van der Waals surface area contributed by atoms with E-state index < -0.39 is 10.0 Å². The van der Waals surface area contributed by atoms with Gasteiger partial charge in [0.1, 0.15) is 0 Å². The zero-order valence-corrected chi connectivity index (χ0v) is 16.8. The lowest BCUT2D eigenvalue weighted by Crippen LogP contribution is -2.28. The van der Waals surface area contributed by atoms with Gasteiger partial charge in [0.2, 0.25) is 11.8 Å². The molecule has 0 aliphatic carbocycles. The molecule has 1 aliphatic heterocycles. The Hall–Kier alpha value is -3.52. The van der Waals surface area contributed by atoms with Gasteiger partial charge in [0.25, 0.3) is 10.0 Å². The van der Waals surface area contributed by atoms with Gasteiger partial charge in [0, 0.05) is 30.9 Å². The second-order valence-electron chi connectivity index (χ2n) is 6.95. The van der Waals surface area contributed by atoms with Crippen LogP contribution in [-0.4, -0.2) is 25.2 Å². The van der Waals surface area contributed by atoms with E-state index in [9.17, 15) is 18.0 Å². The highest BCUT2D eigenvalue weighted by molar-refractivity contribution is 7.92. The average Bonchev–Trinajstić information content (AvgIpc) is 3.08. The number of hydrogen-bond acceptors (Lipinski definition) is 5. The van der Waals surface area contributed by atoms with E-state index in [-0.39, 0.29) is 29.6 Å². The molecule has 2 aromatic carbocycles. The molecule has 152 valence electrons. The van der Waals surface area contributed by atoms with Crippen LogP contribution in [0.3, 0.4) is 0 Å². The van der Waals surface area contributed by atoms with E-state index in [0.29, 0.717) is 11.4 Å². The van der Waals surface area contributed by atoms with Crippen LogP contribution in [-0.2, 0) is 26.0 Å². The highest BCUT2D eigenvalue weighted by Gasteiger charge is 2.30. The summed E-state index contributed by atoms with van der Waals surface area (Å²) < 4.78 is 27.9. The maximum atomic E-state index is 12.7. The number of sulfonamides is 1. The minimum Gasteiger partial charge on any atom is -0.280 e. The minimum absolute atomic E-state index is 0.0474. The van der Waals surface area contributed by atoms with Crippen molar-refractivity contribution in [3.63, 3.8) is 0 Å². The number of aromatic nitrogens is 1. The van der Waals surface area contributed by atoms with E-state index >= 15 is 0 Å². The molecule has 0 bridgehead atoms. The van der Waals surface area contributed by atoms with Gasteiger partial charge in [-0.25, -0.2) is 8.42 Å². The van der Waals surface area contributed by atoms with Gasteiger partial charge < -0.3 is 0 Å². The molecule has 0 spiro atoms. The third-order valence-electron chi connectivity index (χ3n) is 4.82. The number of carbonyl (C=O) groups excluding carboxylic acids is 2. The molecule has 2 heterocycles. The van der Waals surface area contributed by atoms with Gasteiger partial charge in [-0.05, 0) is 66.1 Å². The molecule has 1 aliphatic rings. The van der Waals surface area contributed by atoms with Crippen molar-refractivity contribution in [2.45, 2.75) is 24.2 Å². The molecule has 4 rings (SSSR count). The lowest BCUT2D eigenvalue weighted by Gasteiger charge is -2.14. The van der Waals surface area contributed by atoms with E-state index in [1.54, 1.807) is 24.5 Å². The molecule has 7 nitrogen and oxygen atoms in total. The molecule has 0 atom stereocenters. The van der Waals surface area contributed by atoms with Crippen LogP contribution in [0.15, 0.2) is 78.0 Å². The SMILES string of the molecule is O=C1CCC(=O)N1c1ccc(S(=O)(=O)Nc2ccc(Cc3ccncc3)cc2)cc1. The third kappa shape index (κ3) is 4.23. The molecule has 1 N–H and O–H groups in total. The van der Waals surface area contributed by atoms with Crippen molar-refractivity contribution in [3.8, 4) is 0 Å². The molecule has 0 radical (unpaired) electrons. The number of benzene rings is 2. The summed E-state index contributed by atoms with van der Waals surface area (Å²) in [5, 5.41) is 0. The van der Waals surface area contributed by atoms with Gasteiger partial charge >= 0.3 is 0 Å². The number of carbonyl (C=O) groups is 2. The zero-order chi connectivity index (χ0) is 21.1. The summed E-state index contributed by atoms with van der Waals surface area (Å²) in [7, 11) is -3.80. The summed E-state index contributed by atoms with van der Waals surface area (Å²) in [4.78, 5) is 28.8. The Morgan fingerprint density at radius 1 is 0.800 bits per heavy atom. The second-order valence-corrected chi connectivity index (χ2v) is 8.63. The van der Waals surface area contributed by atoms with Gasteiger partial charge in [-0.1, -0.05) is 12.1 Å². The van der Waals surface area contributed by atoms with Gasteiger partial charge in [-0.3, -0.25) is 24.2 Å². The van der Waals surface area contributed by atoms with Crippen LogP contribution < -0.4 is 9.62 Å². The lowest BCUT2D eigenvalue weighted by atomic mass is 10.1. The van der Waals surface area contributed by atoms with Crippen LogP contribution in [0.1, 0.15) is 24.0 Å². The van der Waals surface area contributed by atoms with Crippen LogP contribution in [0.25, 0.3) is 0 Å². The van der Waals surface area contributed by atoms with Crippen molar-refractivity contribution in [2.75, 3.05) is 9.62 Å². The summed E-state index contributed by atoms with van der Waals surface area (Å²) in [6.45, 7) is 0. The Labute approximate surface area is 174 Å². The van der Waals surface area contributed by atoms with Crippen molar-refractivity contribution in [3.05, 3.63) is 84.2 Å². The van der Waals surface area contributed by atoms with Crippen molar-refractivity contribution >= 4 is 33.2 Å². The third-order valence-corrected chi connectivity index (χ3v) is 6.22. The molecular weight excluding hydrogens is 402 g/mol. The number of imide groups is 1. The number of pyridine rings is 1. The van der Waals surface area contributed by atoms with E-state index in [1.807, 2.05) is 24.3 Å². The van der Waals surface area contributed by atoms with E-state index in [4.69, 9.17) is 0 Å². The maximum Gasteiger partial charge on any atom is 0.261 e. The molecule has 3 aromatic rings. The molecule has 1 saturated heterocycles. The minimum atomic E-state index is -3.80. The predicted octanol–water partition coefficient (Wildman–Crippen LogP) is 3.13. The van der Waals surface area contributed by atoms with Crippen molar-refractivity contribution in [2.24, 2.45) is 0 Å². The fraction of sp³-hybridized carbons (Fsp3) is 0.136. The number of rotatable bonds is 6. The molecule has 2 amide bonds. The normalized spacial score (nSPS) is 14.2. The molecule has 1 fully saturated rings. The first-order chi connectivity index (χ1) is 14.4. The Kier molecular flexibility index (Phi) is 5.33. The maximum absolute atomic E-state index is 12.7. The highest BCUT2D eigenvalue weighted by Crippen LogP contribution is 2.25. The van der Waals surface area contributed by atoms with Crippen LogP contribution in [0.5, 0.6) is 0 Å². The van der Waals surface area contributed by atoms with Gasteiger partial charge in [0.15, 0.2) is 0 Å². The standard InChI is InChI=1S/C22H19N3O4S/c26-21-9-10-22(27)25(21)19-5-7-20(8-6-19)30(28,29)24-18-3-1-16(2-4-18)15-17-11-13-23-14-12-17/h1-8,11-14,24H,9-10,15H2. The monoisotopic (exact) mass is 421 g/mol. The Balaban J connectivity index is 1.46. The number of anilines is 2. The van der Waals surface area contributed by atoms with E-state index in [0.717, 1.165) is 22.4 Å². The fourth-order valence-electron chi connectivity index (χ4n) is 3.28. The molecule has 8 heteroatoms. The Morgan fingerprint density at radius 3 is 1.97 bits per heavy atom. The Morgan fingerprint density at radius 2 is 1.37 bits per heavy atom. The largest absolute Gasteiger partial charge is 0.280 e. The van der Waals surface area contributed by atoms with E-state index in [2.05, 4.69) is 9.71 Å². The summed E-state index contributed by atoms with van der Waals surface area (Å²) in [5.41, 5.74) is 2.99. The molecule has 1 aromatic heterocycles. The Bertz CT molecular complexity index is 1160. The number of nitrogens with zero attached hydrogens (tertiary/aromatic N) is 2. The van der Waals surface area contributed by atoms with Crippen molar-refractivity contribution in [1.82, 2.24) is 4.98 Å². The van der Waals surface area contributed by atoms with Crippen LogP contribution in [0.4, 0.5) is 11.4 Å². The molecule has 0 unspecified atom stereocenters. The number of amides is 2. The summed E-state index contributed by atoms with van der Waals surface area (Å²) in [6.07, 6.45) is 4.55. The summed E-state index contributed by atoms with van der Waals surface area (Å²) >= 11 is 0. The number of nitrogens with one attached hydrogen (secondary N) is 1. The van der Waals surface area contributed by atoms with Crippen molar-refractivity contribution < 1.29 is 18.0 Å². The first-order valence-corrected chi connectivity index (χ1v) is 10.9. The first kappa shape index (κ1) is 19.8. The number of hydrogen-bond donors (Lipinski definition) is 1. The molecule has 0 saturated carbocycles. The van der Waals surface area contributed by atoms with Gasteiger partial charge in [-0.2, -0.15) is 0 Å². The molecular formula is C22H19N3O4S. The zero-order valence-electron chi connectivity index (χ0n) is 16.0. The summed E-state index contributed by atoms with van der Waals surface area (Å²) in [6, 6.07) is 16.7. The van der Waals surface area contributed by atoms with Crippen LogP contribution in [0, 0.1) is 0 Å². The summed E-state index contributed by atoms with van der Waals surface area (Å²) in [5.74, 6) is -0.554. The second kappa shape index (κ2) is 8.08. The topological polar surface area (TPSA) is 96.4 Å². The quantitative estimate of drug-likeness (QED) is 0.617. The lowest BCUT2D eigenvalue weighted by molar-refractivity contribution is -0.121. The van der Waals surface area contributed by atoms with Crippen molar-refractivity contribution in [1.29, 1.82) is 0 Å². The van der Waals surface area contributed by atoms with Gasteiger partial charge in [0.05, 0.1) is 10.6 Å². The smallest absolute Gasteiger partial charge is 0.261 e. The first-order valence-electron chi connectivity index (χ1n) is 9.39. The highest BCUT2D eigenvalue weighted by atomic mass is 32.2. The van der Waals surface area contributed by atoms with Gasteiger partial charge in [-0.15, -0.1) is 0 Å². The van der Waals surface area contributed by atoms with E-state index in [1.165, 1.54) is 24.3 Å².